The number of carbonyl (C=O) groups is 3. The first kappa shape index (κ1) is 20.3. The number of rotatable bonds is 5. The molecule has 1 aliphatic carbocycles. The summed E-state index contributed by atoms with van der Waals surface area (Å²) >= 11 is 9.39. The third-order valence-corrected chi connectivity index (χ3v) is 8.07. The number of thiophene rings is 2. The number of carbonyl (C=O) groups excluding carboxylic acids is 3. The van der Waals surface area contributed by atoms with Crippen LogP contribution in [0.5, 0.6) is 0 Å². The van der Waals surface area contributed by atoms with Crippen LogP contribution < -0.4 is 11.1 Å². The van der Waals surface area contributed by atoms with Crippen LogP contribution in [0.4, 0.5) is 5.00 Å². The summed E-state index contributed by atoms with van der Waals surface area (Å²) in [4.78, 5) is 41.1. The van der Waals surface area contributed by atoms with Gasteiger partial charge in [-0.05, 0) is 48.8 Å². The lowest BCUT2D eigenvalue weighted by molar-refractivity contribution is -0.126. The molecule has 4 rings (SSSR count). The molecule has 0 saturated carbocycles. The SMILES string of the molecule is NC(=O)c1c(NC(=O)CN2C(=O)C(=Cc3cccs3)SC2=S)sc2c1CCCC2. The van der Waals surface area contributed by atoms with Crippen molar-refractivity contribution >= 4 is 79.8 Å². The van der Waals surface area contributed by atoms with Crippen molar-refractivity contribution in [1.82, 2.24) is 4.90 Å². The molecule has 2 aromatic rings. The smallest absolute Gasteiger partial charge is 0.266 e. The standard InChI is InChI=1S/C19H17N3O3S4/c20-16(24)15-11-5-1-2-6-12(11)28-17(15)21-14(23)9-22-18(25)13(29-19(22)26)8-10-4-3-7-27-10/h3-4,7-8H,1-2,5-6,9H2,(H2,20,24)(H,21,23). The van der Waals surface area contributed by atoms with Crippen LogP contribution in [0.2, 0.25) is 0 Å². The molecule has 2 aliphatic rings. The summed E-state index contributed by atoms with van der Waals surface area (Å²) in [6.45, 7) is -0.201. The Bertz CT molecular complexity index is 1040. The number of aryl methyl sites for hydroxylation is 1. The van der Waals surface area contributed by atoms with Crippen molar-refractivity contribution in [3.63, 3.8) is 0 Å². The van der Waals surface area contributed by atoms with Crippen LogP contribution in [0, 0.1) is 0 Å². The molecule has 1 saturated heterocycles. The van der Waals surface area contributed by atoms with Crippen LogP contribution in [0.15, 0.2) is 22.4 Å². The summed E-state index contributed by atoms with van der Waals surface area (Å²) < 4.78 is 0.341. The zero-order chi connectivity index (χ0) is 20.5. The Morgan fingerprint density at radius 2 is 2.10 bits per heavy atom. The highest BCUT2D eigenvalue weighted by Gasteiger charge is 2.34. The predicted octanol–water partition coefficient (Wildman–Crippen LogP) is 3.63. The Kier molecular flexibility index (Phi) is 5.86. The number of nitrogens with zero attached hydrogens (tertiary/aromatic N) is 1. The number of hydrogen-bond donors (Lipinski definition) is 2. The highest BCUT2D eigenvalue weighted by Crippen LogP contribution is 2.38. The number of nitrogens with one attached hydrogen (secondary N) is 1. The number of thioether (sulfide) groups is 1. The van der Waals surface area contributed by atoms with E-state index in [1.54, 1.807) is 6.08 Å². The number of primary amides is 1. The third kappa shape index (κ3) is 4.16. The Hall–Kier alpha value is -2.01. The topological polar surface area (TPSA) is 92.5 Å². The van der Waals surface area contributed by atoms with Gasteiger partial charge in [-0.1, -0.05) is 30.0 Å². The molecule has 6 nitrogen and oxygen atoms in total. The summed E-state index contributed by atoms with van der Waals surface area (Å²) in [5, 5.41) is 5.17. The molecule has 3 N–H and O–H groups in total. The second kappa shape index (κ2) is 8.39. The van der Waals surface area contributed by atoms with E-state index in [9.17, 15) is 14.4 Å². The maximum Gasteiger partial charge on any atom is 0.266 e. The number of hydrogen-bond acceptors (Lipinski definition) is 7. The fourth-order valence-electron chi connectivity index (χ4n) is 3.36. The number of anilines is 1. The quantitative estimate of drug-likeness (QED) is 0.522. The second-order valence-electron chi connectivity index (χ2n) is 6.61. The maximum absolute atomic E-state index is 12.7. The van der Waals surface area contributed by atoms with E-state index in [0.717, 1.165) is 41.0 Å². The van der Waals surface area contributed by atoms with Crippen LogP contribution in [0.25, 0.3) is 6.08 Å². The highest BCUT2D eigenvalue weighted by atomic mass is 32.2. The maximum atomic E-state index is 12.7. The third-order valence-electron chi connectivity index (χ3n) is 4.66. The average molecular weight is 464 g/mol. The molecule has 1 fully saturated rings. The van der Waals surface area contributed by atoms with Crippen LogP contribution >= 0.6 is 46.7 Å². The van der Waals surface area contributed by atoms with Gasteiger partial charge in [0.05, 0.1) is 10.5 Å². The van der Waals surface area contributed by atoms with Crippen molar-refractivity contribution in [2.45, 2.75) is 25.7 Å². The second-order valence-corrected chi connectivity index (χ2v) is 10.4. The molecule has 2 aromatic heterocycles. The molecule has 10 heteroatoms. The number of amides is 3. The van der Waals surface area contributed by atoms with Gasteiger partial charge in [-0.2, -0.15) is 0 Å². The Labute approximate surface area is 185 Å². The van der Waals surface area contributed by atoms with E-state index in [1.165, 1.54) is 39.3 Å². The molecule has 0 atom stereocenters. The first-order valence-corrected chi connectivity index (χ1v) is 11.9. The van der Waals surface area contributed by atoms with E-state index in [2.05, 4.69) is 5.32 Å². The molecular weight excluding hydrogens is 446 g/mol. The fourth-order valence-corrected chi connectivity index (χ4v) is 6.65. The number of fused-ring (bicyclic) bond motifs is 1. The molecule has 0 spiro atoms. The highest BCUT2D eigenvalue weighted by molar-refractivity contribution is 8.26. The molecule has 0 unspecified atom stereocenters. The minimum Gasteiger partial charge on any atom is -0.365 e. The molecule has 0 bridgehead atoms. The van der Waals surface area contributed by atoms with Gasteiger partial charge in [0.15, 0.2) is 0 Å². The summed E-state index contributed by atoms with van der Waals surface area (Å²) in [6, 6.07) is 3.81. The van der Waals surface area contributed by atoms with Gasteiger partial charge in [0.25, 0.3) is 11.8 Å². The minimum absolute atomic E-state index is 0.201. The zero-order valence-electron chi connectivity index (χ0n) is 15.2. The fraction of sp³-hybridized carbons (Fsp3) is 0.263. The van der Waals surface area contributed by atoms with Gasteiger partial charge in [0, 0.05) is 9.75 Å². The van der Waals surface area contributed by atoms with Gasteiger partial charge in [-0.15, -0.1) is 22.7 Å². The van der Waals surface area contributed by atoms with E-state index in [-0.39, 0.29) is 12.5 Å². The van der Waals surface area contributed by atoms with Crippen molar-refractivity contribution in [1.29, 1.82) is 0 Å². The Balaban J connectivity index is 1.49. The van der Waals surface area contributed by atoms with Crippen LogP contribution in [0.3, 0.4) is 0 Å². The number of nitrogens with two attached hydrogens (primary N) is 1. The summed E-state index contributed by atoms with van der Waals surface area (Å²) in [6.07, 6.45) is 5.53. The molecule has 29 heavy (non-hydrogen) atoms. The van der Waals surface area contributed by atoms with Gasteiger partial charge in [0.2, 0.25) is 5.91 Å². The van der Waals surface area contributed by atoms with E-state index in [0.29, 0.717) is 19.8 Å². The zero-order valence-corrected chi connectivity index (χ0v) is 18.5. The van der Waals surface area contributed by atoms with Gasteiger partial charge >= 0.3 is 0 Å². The lowest BCUT2D eigenvalue weighted by Gasteiger charge is -2.14. The van der Waals surface area contributed by atoms with Gasteiger partial charge in [-0.3, -0.25) is 19.3 Å². The van der Waals surface area contributed by atoms with Crippen LogP contribution in [-0.2, 0) is 22.4 Å². The minimum atomic E-state index is -0.538. The molecule has 0 aromatic carbocycles. The van der Waals surface area contributed by atoms with Crippen LogP contribution in [0.1, 0.15) is 38.5 Å². The molecular formula is C19H17N3O3S4. The van der Waals surface area contributed by atoms with Gasteiger partial charge in [-0.25, -0.2) is 0 Å². The van der Waals surface area contributed by atoms with E-state index >= 15 is 0 Å². The molecule has 1 aliphatic heterocycles. The van der Waals surface area contributed by atoms with Crippen LogP contribution in [-0.4, -0.2) is 33.5 Å². The Morgan fingerprint density at radius 3 is 2.83 bits per heavy atom. The summed E-state index contributed by atoms with van der Waals surface area (Å²) in [7, 11) is 0. The molecule has 3 amide bonds. The van der Waals surface area contributed by atoms with Gasteiger partial charge < -0.3 is 11.1 Å². The van der Waals surface area contributed by atoms with Crippen molar-refractivity contribution in [2.24, 2.45) is 5.73 Å². The lowest BCUT2D eigenvalue weighted by atomic mass is 9.95. The summed E-state index contributed by atoms with van der Waals surface area (Å²) in [5.74, 6) is -1.23. The molecule has 0 radical (unpaired) electrons. The van der Waals surface area contributed by atoms with E-state index < -0.39 is 11.8 Å². The monoisotopic (exact) mass is 463 g/mol. The molecule has 3 heterocycles. The predicted molar refractivity (Wildman–Crippen MR) is 122 cm³/mol. The van der Waals surface area contributed by atoms with E-state index in [1.807, 2.05) is 17.5 Å². The number of thiocarbonyl (C=S) groups is 1. The van der Waals surface area contributed by atoms with Crippen molar-refractivity contribution in [2.75, 3.05) is 11.9 Å². The van der Waals surface area contributed by atoms with E-state index in [4.69, 9.17) is 18.0 Å². The Morgan fingerprint density at radius 1 is 1.31 bits per heavy atom. The lowest BCUT2D eigenvalue weighted by Crippen LogP contribution is -2.36. The van der Waals surface area contributed by atoms with Gasteiger partial charge in [0.1, 0.15) is 15.9 Å². The molecule has 150 valence electrons. The van der Waals surface area contributed by atoms with Crippen molar-refractivity contribution < 1.29 is 14.4 Å². The average Bonchev–Trinajstić information content (AvgIpc) is 3.37. The van der Waals surface area contributed by atoms with Crippen molar-refractivity contribution in [3.8, 4) is 0 Å². The normalized spacial score (nSPS) is 17.7. The first-order valence-electron chi connectivity index (χ1n) is 8.97. The largest absolute Gasteiger partial charge is 0.365 e. The van der Waals surface area contributed by atoms with Crippen molar-refractivity contribution in [3.05, 3.63) is 43.3 Å². The summed E-state index contributed by atoms with van der Waals surface area (Å²) in [5.41, 5.74) is 6.93. The first-order chi connectivity index (χ1) is 13.9.